The van der Waals surface area contributed by atoms with Crippen LogP contribution in [-0.2, 0) is 16.6 Å². The van der Waals surface area contributed by atoms with Gasteiger partial charge in [0.15, 0.2) is 0 Å². The number of carboxylic acid groups (broad SMARTS) is 1. The second-order valence-corrected chi connectivity index (χ2v) is 6.99. The predicted molar refractivity (Wildman–Crippen MR) is 77.7 cm³/mol. The Balaban J connectivity index is 2.98. The Morgan fingerprint density at radius 3 is 2.52 bits per heavy atom. The van der Waals surface area contributed by atoms with Gasteiger partial charge in [0.1, 0.15) is 10.6 Å². The first-order valence-electron chi connectivity index (χ1n) is 6.80. The molecule has 1 rings (SSSR count). The second-order valence-electron chi connectivity index (χ2n) is 5.22. The van der Waals surface area contributed by atoms with Crippen LogP contribution in [0.5, 0.6) is 0 Å². The topological polar surface area (TPSA) is 109 Å². The highest BCUT2D eigenvalue weighted by Gasteiger charge is 2.22. The van der Waals surface area contributed by atoms with Gasteiger partial charge in [0.25, 0.3) is 0 Å². The number of nitrogens with zero attached hydrogens (tertiary/aromatic N) is 1. The van der Waals surface area contributed by atoms with Crippen molar-refractivity contribution < 1.29 is 23.4 Å². The van der Waals surface area contributed by atoms with Crippen LogP contribution in [0.2, 0.25) is 0 Å². The second kappa shape index (κ2) is 7.06. The molecule has 1 aromatic rings. The highest BCUT2D eigenvalue weighted by molar-refractivity contribution is 7.89. The van der Waals surface area contributed by atoms with Crippen molar-refractivity contribution in [1.82, 2.24) is 9.29 Å². The molecule has 0 aromatic carbocycles. The van der Waals surface area contributed by atoms with E-state index in [1.807, 2.05) is 6.92 Å². The molecule has 0 bridgehead atoms. The molecule has 1 aromatic heterocycles. The number of aromatic nitrogens is 1. The average Bonchev–Trinajstić information content (AvgIpc) is 2.81. The lowest BCUT2D eigenvalue weighted by atomic mass is 10.1. The summed E-state index contributed by atoms with van der Waals surface area (Å²) in [7, 11) is -3.84. The number of sulfonamides is 1. The molecule has 1 atom stereocenters. The van der Waals surface area contributed by atoms with E-state index in [4.69, 9.17) is 5.11 Å². The van der Waals surface area contributed by atoms with Crippen molar-refractivity contribution in [3.8, 4) is 0 Å². The third kappa shape index (κ3) is 4.55. The van der Waals surface area contributed by atoms with Crippen LogP contribution in [-0.4, -0.2) is 41.8 Å². The molecule has 1 heterocycles. The van der Waals surface area contributed by atoms with Gasteiger partial charge in [0.05, 0.1) is 6.10 Å². The number of carboxylic acids is 1. The van der Waals surface area contributed by atoms with Gasteiger partial charge in [-0.15, -0.1) is 0 Å². The van der Waals surface area contributed by atoms with Crippen molar-refractivity contribution in [1.29, 1.82) is 0 Å². The van der Waals surface area contributed by atoms with Crippen LogP contribution >= 0.6 is 0 Å². The zero-order chi connectivity index (χ0) is 16.2. The summed E-state index contributed by atoms with van der Waals surface area (Å²) >= 11 is 0. The fraction of sp³-hybridized carbons (Fsp3) is 0.615. The minimum atomic E-state index is -3.84. The molecule has 0 aliphatic carbocycles. The normalized spacial score (nSPS) is 13.6. The van der Waals surface area contributed by atoms with Gasteiger partial charge in [0, 0.05) is 19.3 Å². The predicted octanol–water partition coefficient (Wildman–Crippen LogP) is 0.891. The zero-order valence-corrected chi connectivity index (χ0v) is 13.2. The third-order valence-electron chi connectivity index (χ3n) is 3.12. The number of nitrogens with one attached hydrogen (secondary N) is 1. The number of hydrogen-bond donors (Lipinski definition) is 3. The van der Waals surface area contributed by atoms with Gasteiger partial charge >= 0.3 is 5.97 Å². The molecule has 0 aliphatic heterocycles. The molecule has 120 valence electrons. The maximum Gasteiger partial charge on any atom is 0.352 e. The van der Waals surface area contributed by atoms with Crippen LogP contribution in [0.15, 0.2) is 17.2 Å². The van der Waals surface area contributed by atoms with Crippen LogP contribution in [0.25, 0.3) is 0 Å². The van der Waals surface area contributed by atoms with E-state index in [-0.39, 0.29) is 23.1 Å². The molecular formula is C13H22N2O5S. The molecule has 8 heteroatoms. The molecular weight excluding hydrogens is 296 g/mol. The van der Waals surface area contributed by atoms with Crippen molar-refractivity contribution in [2.75, 3.05) is 6.54 Å². The highest BCUT2D eigenvalue weighted by atomic mass is 32.2. The molecule has 0 saturated heterocycles. The summed E-state index contributed by atoms with van der Waals surface area (Å²) in [5, 5.41) is 18.7. The molecule has 0 aliphatic rings. The van der Waals surface area contributed by atoms with E-state index >= 15 is 0 Å². The molecule has 0 fully saturated rings. The Morgan fingerprint density at radius 2 is 2.05 bits per heavy atom. The van der Waals surface area contributed by atoms with E-state index in [1.165, 1.54) is 10.8 Å². The van der Waals surface area contributed by atoms with Gasteiger partial charge in [-0.2, -0.15) is 0 Å². The lowest BCUT2D eigenvalue weighted by Crippen LogP contribution is -2.34. The minimum Gasteiger partial charge on any atom is -0.477 e. The summed E-state index contributed by atoms with van der Waals surface area (Å²) in [6.45, 7) is 5.74. The largest absolute Gasteiger partial charge is 0.477 e. The van der Waals surface area contributed by atoms with E-state index in [2.05, 4.69) is 4.72 Å². The van der Waals surface area contributed by atoms with E-state index in [0.717, 1.165) is 6.07 Å². The van der Waals surface area contributed by atoms with Crippen molar-refractivity contribution >= 4 is 16.0 Å². The molecule has 1 unspecified atom stereocenters. The average molecular weight is 318 g/mol. The summed E-state index contributed by atoms with van der Waals surface area (Å²) in [5.74, 6) is -1.25. The van der Waals surface area contributed by atoms with Crippen LogP contribution < -0.4 is 4.72 Å². The number of carbonyl (C=O) groups is 1. The van der Waals surface area contributed by atoms with Gasteiger partial charge in [-0.1, -0.05) is 20.8 Å². The lowest BCUT2D eigenvalue weighted by molar-refractivity contribution is 0.0685. The van der Waals surface area contributed by atoms with Crippen LogP contribution in [0, 0.1) is 5.92 Å². The summed E-state index contributed by atoms with van der Waals surface area (Å²) in [4.78, 5) is 11.0. The highest BCUT2D eigenvalue weighted by Crippen LogP contribution is 2.15. The monoisotopic (exact) mass is 318 g/mol. The third-order valence-corrected chi connectivity index (χ3v) is 4.51. The summed E-state index contributed by atoms with van der Waals surface area (Å²) in [5.41, 5.74) is -0.0679. The number of hydrogen-bond acceptors (Lipinski definition) is 4. The quantitative estimate of drug-likeness (QED) is 0.659. The fourth-order valence-electron chi connectivity index (χ4n) is 1.75. The molecule has 21 heavy (non-hydrogen) atoms. The minimum absolute atomic E-state index is 0.0679. The van der Waals surface area contributed by atoms with E-state index < -0.39 is 22.1 Å². The number of aryl methyl sites for hydroxylation is 1. The number of rotatable bonds is 8. The van der Waals surface area contributed by atoms with E-state index in [0.29, 0.717) is 13.0 Å². The van der Waals surface area contributed by atoms with Crippen molar-refractivity contribution in [2.24, 2.45) is 5.92 Å². The molecule has 7 nitrogen and oxygen atoms in total. The molecule has 0 saturated carbocycles. The number of aromatic carboxylic acids is 1. The van der Waals surface area contributed by atoms with Gasteiger partial charge < -0.3 is 14.8 Å². The fourth-order valence-corrected chi connectivity index (χ4v) is 2.84. The van der Waals surface area contributed by atoms with Gasteiger partial charge in [0.2, 0.25) is 10.0 Å². The van der Waals surface area contributed by atoms with Gasteiger partial charge in [-0.3, -0.25) is 0 Å². The van der Waals surface area contributed by atoms with Gasteiger partial charge in [-0.25, -0.2) is 17.9 Å². The Labute approximate surface area is 124 Å². The summed E-state index contributed by atoms with van der Waals surface area (Å²) < 4.78 is 27.9. The summed E-state index contributed by atoms with van der Waals surface area (Å²) in [6, 6.07) is 1.13. The molecule has 3 N–H and O–H groups in total. The standard InChI is InChI=1S/C13H22N2O5S/c1-4-5-15-8-10(6-11(15)13(17)18)21(19,20)14-7-12(16)9(2)3/h6,8-9,12,14,16H,4-5,7H2,1-3H3,(H,17,18). The lowest BCUT2D eigenvalue weighted by Gasteiger charge is -2.14. The van der Waals surface area contributed by atoms with Crippen molar-refractivity contribution in [3.05, 3.63) is 18.0 Å². The first-order chi connectivity index (χ1) is 9.69. The summed E-state index contributed by atoms with van der Waals surface area (Å²) in [6.07, 6.45) is 1.20. The van der Waals surface area contributed by atoms with E-state index in [1.54, 1.807) is 13.8 Å². The van der Waals surface area contributed by atoms with E-state index in [9.17, 15) is 18.3 Å². The molecule has 0 radical (unpaired) electrons. The Bertz CT molecular complexity index is 592. The zero-order valence-electron chi connectivity index (χ0n) is 12.4. The smallest absolute Gasteiger partial charge is 0.352 e. The molecule has 0 amide bonds. The maximum absolute atomic E-state index is 12.1. The first-order valence-corrected chi connectivity index (χ1v) is 8.28. The van der Waals surface area contributed by atoms with Crippen LogP contribution in [0.3, 0.4) is 0 Å². The van der Waals surface area contributed by atoms with Crippen LogP contribution in [0.1, 0.15) is 37.7 Å². The number of aliphatic hydroxyl groups is 1. The Kier molecular flexibility index (Phi) is 5.94. The number of aliphatic hydroxyl groups excluding tert-OH is 1. The Morgan fingerprint density at radius 1 is 1.43 bits per heavy atom. The first kappa shape index (κ1) is 17.7. The van der Waals surface area contributed by atoms with Crippen molar-refractivity contribution in [3.63, 3.8) is 0 Å². The van der Waals surface area contributed by atoms with Crippen LogP contribution in [0.4, 0.5) is 0 Å². The SMILES string of the molecule is CCCn1cc(S(=O)(=O)NCC(O)C(C)C)cc1C(=O)O. The van der Waals surface area contributed by atoms with Gasteiger partial charge in [-0.05, 0) is 18.4 Å². The molecule has 0 spiro atoms. The maximum atomic E-state index is 12.1. The Hall–Kier alpha value is -1.38. The van der Waals surface area contributed by atoms with Crippen molar-refractivity contribution in [2.45, 2.75) is 44.7 Å².